The third-order valence-electron chi connectivity index (χ3n) is 2.48. The number of nitrogens with one attached hydrogen (secondary N) is 2. The van der Waals surface area contributed by atoms with Gasteiger partial charge in [0.25, 0.3) is 11.8 Å². The average Bonchev–Trinajstić information content (AvgIpc) is 2.49. The Kier molecular flexibility index (Phi) is 6.99. The summed E-state index contributed by atoms with van der Waals surface area (Å²) < 4.78 is 4.89. The van der Waals surface area contributed by atoms with Crippen molar-refractivity contribution in [3.8, 4) is 0 Å². The number of hydrogen-bond acceptors (Lipinski definition) is 4. The van der Waals surface area contributed by atoms with Crippen LogP contribution in [0.1, 0.15) is 27.1 Å². The summed E-state index contributed by atoms with van der Waals surface area (Å²) in [5, 5.41) is 5.37. The summed E-state index contributed by atoms with van der Waals surface area (Å²) in [5.74, 6) is -0.543. The maximum Gasteiger partial charge on any atom is 0.253 e. The second kappa shape index (κ2) is 8.82. The van der Waals surface area contributed by atoms with Crippen LogP contribution in [-0.2, 0) is 4.74 Å². The summed E-state index contributed by atoms with van der Waals surface area (Å²) >= 11 is 0. The maximum absolute atomic E-state index is 11.9. The molecule has 0 bridgehead atoms. The monoisotopic (exact) mass is 277 g/mol. The van der Waals surface area contributed by atoms with Gasteiger partial charge in [-0.3, -0.25) is 14.6 Å². The fourth-order valence-corrected chi connectivity index (χ4v) is 1.48. The number of carbonyl (C=O) groups is 2. The average molecular weight is 277 g/mol. The van der Waals surface area contributed by atoms with E-state index in [0.29, 0.717) is 30.8 Å². The molecule has 0 aliphatic heterocycles. The van der Waals surface area contributed by atoms with Crippen molar-refractivity contribution in [2.24, 2.45) is 0 Å². The molecule has 2 N–H and O–H groups in total. The first-order valence-electron chi connectivity index (χ1n) is 6.30. The van der Waals surface area contributed by atoms with E-state index in [1.165, 1.54) is 18.5 Å². The first kappa shape index (κ1) is 15.8. The van der Waals surface area contributed by atoms with Crippen molar-refractivity contribution in [2.75, 3.05) is 26.8 Å². The minimum absolute atomic E-state index is 0.257. The standard InChI is InChI=1S/C14H19N3O3/c1-3-5-16-13(18)11-8-12(10-15-9-11)14(19)17-6-4-7-20-2/h3,8-10H,1,4-7H2,2H3,(H,16,18)(H,17,19). The zero-order chi connectivity index (χ0) is 14.8. The molecule has 0 saturated carbocycles. The predicted molar refractivity (Wildman–Crippen MR) is 75.6 cm³/mol. The molecule has 1 aromatic heterocycles. The molecule has 0 saturated heterocycles. The lowest BCUT2D eigenvalue weighted by atomic mass is 10.2. The summed E-state index contributed by atoms with van der Waals surface area (Å²) in [6.45, 7) is 4.98. The normalized spacial score (nSPS) is 9.85. The van der Waals surface area contributed by atoms with Gasteiger partial charge in [0.05, 0.1) is 11.1 Å². The van der Waals surface area contributed by atoms with Gasteiger partial charge in [-0.25, -0.2) is 0 Å². The first-order valence-corrected chi connectivity index (χ1v) is 6.30. The topological polar surface area (TPSA) is 80.3 Å². The van der Waals surface area contributed by atoms with E-state index >= 15 is 0 Å². The molecule has 20 heavy (non-hydrogen) atoms. The van der Waals surface area contributed by atoms with Gasteiger partial charge < -0.3 is 15.4 Å². The molecule has 0 fully saturated rings. The lowest BCUT2D eigenvalue weighted by Gasteiger charge is -2.06. The molecule has 0 aliphatic rings. The molecular formula is C14H19N3O3. The van der Waals surface area contributed by atoms with Crippen LogP contribution in [0.3, 0.4) is 0 Å². The van der Waals surface area contributed by atoms with E-state index < -0.39 is 0 Å². The highest BCUT2D eigenvalue weighted by Gasteiger charge is 2.10. The highest BCUT2D eigenvalue weighted by Crippen LogP contribution is 2.03. The number of aromatic nitrogens is 1. The van der Waals surface area contributed by atoms with E-state index in [9.17, 15) is 9.59 Å². The number of methoxy groups -OCH3 is 1. The Morgan fingerprint density at radius 1 is 1.30 bits per heavy atom. The van der Waals surface area contributed by atoms with Gasteiger partial charge in [-0.15, -0.1) is 6.58 Å². The highest BCUT2D eigenvalue weighted by atomic mass is 16.5. The number of amides is 2. The van der Waals surface area contributed by atoms with Crippen molar-refractivity contribution >= 4 is 11.8 Å². The summed E-state index contributed by atoms with van der Waals surface area (Å²) in [5.41, 5.74) is 0.699. The van der Waals surface area contributed by atoms with Gasteiger partial charge in [0, 0.05) is 39.2 Å². The Bertz CT molecular complexity index is 474. The summed E-state index contributed by atoms with van der Waals surface area (Å²) in [4.78, 5) is 27.5. The molecule has 1 rings (SSSR count). The number of pyridine rings is 1. The second-order valence-electron chi connectivity index (χ2n) is 4.06. The van der Waals surface area contributed by atoms with Gasteiger partial charge in [0.2, 0.25) is 0 Å². The van der Waals surface area contributed by atoms with Crippen molar-refractivity contribution in [2.45, 2.75) is 6.42 Å². The van der Waals surface area contributed by atoms with Crippen molar-refractivity contribution in [3.63, 3.8) is 0 Å². The summed E-state index contributed by atoms with van der Waals surface area (Å²) in [6, 6.07) is 1.51. The van der Waals surface area contributed by atoms with Crippen LogP contribution in [0.5, 0.6) is 0 Å². The second-order valence-corrected chi connectivity index (χ2v) is 4.06. The number of nitrogens with zero attached hydrogens (tertiary/aromatic N) is 1. The van der Waals surface area contributed by atoms with Crippen LogP contribution in [-0.4, -0.2) is 43.6 Å². The Labute approximate surface area is 118 Å². The van der Waals surface area contributed by atoms with Crippen molar-refractivity contribution < 1.29 is 14.3 Å². The molecule has 0 aromatic carbocycles. The Morgan fingerprint density at radius 2 is 1.95 bits per heavy atom. The largest absolute Gasteiger partial charge is 0.385 e. The molecule has 0 spiro atoms. The molecule has 108 valence electrons. The number of hydrogen-bond donors (Lipinski definition) is 2. The summed E-state index contributed by atoms with van der Waals surface area (Å²) in [7, 11) is 1.61. The molecule has 0 aliphatic carbocycles. The molecule has 6 nitrogen and oxygen atoms in total. The van der Waals surface area contributed by atoms with Crippen molar-refractivity contribution in [1.82, 2.24) is 15.6 Å². The van der Waals surface area contributed by atoms with E-state index in [1.54, 1.807) is 13.2 Å². The Balaban J connectivity index is 2.60. The number of ether oxygens (including phenoxy) is 1. The van der Waals surface area contributed by atoms with E-state index in [4.69, 9.17) is 4.74 Å². The third-order valence-corrected chi connectivity index (χ3v) is 2.48. The van der Waals surface area contributed by atoms with E-state index in [2.05, 4.69) is 22.2 Å². The van der Waals surface area contributed by atoms with Crippen molar-refractivity contribution in [1.29, 1.82) is 0 Å². The van der Waals surface area contributed by atoms with Crippen LogP contribution in [0.4, 0.5) is 0 Å². The van der Waals surface area contributed by atoms with Crippen LogP contribution >= 0.6 is 0 Å². The quantitative estimate of drug-likeness (QED) is 0.543. The summed E-state index contributed by atoms with van der Waals surface area (Å²) in [6.07, 6.45) is 5.16. The van der Waals surface area contributed by atoms with Gasteiger partial charge in [-0.05, 0) is 12.5 Å². The third kappa shape index (κ3) is 5.19. The minimum atomic E-state index is -0.286. The molecule has 0 radical (unpaired) electrons. The Hall–Kier alpha value is -2.21. The zero-order valence-corrected chi connectivity index (χ0v) is 11.5. The van der Waals surface area contributed by atoms with Crippen LogP contribution in [0, 0.1) is 0 Å². The van der Waals surface area contributed by atoms with Gasteiger partial charge in [0.15, 0.2) is 0 Å². The van der Waals surface area contributed by atoms with E-state index in [-0.39, 0.29) is 11.8 Å². The number of rotatable bonds is 8. The molecule has 1 heterocycles. The molecule has 2 amide bonds. The van der Waals surface area contributed by atoms with Gasteiger partial charge >= 0.3 is 0 Å². The van der Waals surface area contributed by atoms with E-state index in [1.807, 2.05) is 0 Å². The smallest absolute Gasteiger partial charge is 0.253 e. The molecule has 0 atom stereocenters. The minimum Gasteiger partial charge on any atom is -0.385 e. The fraction of sp³-hybridized carbons (Fsp3) is 0.357. The lowest BCUT2D eigenvalue weighted by molar-refractivity contribution is 0.0948. The number of carbonyl (C=O) groups excluding carboxylic acids is 2. The molecule has 1 aromatic rings. The van der Waals surface area contributed by atoms with Gasteiger partial charge in [0.1, 0.15) is 0 Å². The molecule has 6 heteroatoms. The van der Waals surface area contributed by atoms with Crippen LogP contribution < -0.4 is 10.6 Å². The van der Waals surface area contributed by atoms with Crippen LogP contribution in [0.2, 0.25) is 0 Å². The molecular weight excluding hydrogens is 258 g/mol. The lowest BCUT2D eigenvalue weighted by Crippen LogP contribution is -2.27. The first-order chi connectivity index (χ1) is 9.69. The maximum atomic E-state index is 11.9. The van der Waals surface area contributed by atoms with Gasteiger partial charge in [-0.2, -0.15) is 0 Å². The van der Waals surface area contributed by atoms with Crippen molar-refractivity contribution in [3.05, 3.63) is 42.2 Å². The molecule has 0 unspecified atom stereocenters. The van der Waals surface area contributed by atoms with Crippen LogP contribution in [0.25, 0.3) is 0 Å². The highest BCUT2D eigenvalue weighted by molar-refractivity contribution is 5.99. The van der Waals surface area contributed by atoms with E-state index in [0.717, 1.165) is 6.42 Å². The van der Waals surface area contributed by atoms with Crippen LogP contribution in [0.15, 0.2) is 31.1 Å². The fourth-order valence-electron chi connectivity index (χ4n) is 1.48. The SMILES string of the molecule is C=CCNC(=O)c1cncc(C(=O)NCCCOC)c1. The predicted octanol–water partition coefficient (Wildman–Crippen LogP) is 0.764. The van der Waals surface area contributed by atoms with Gasteiger partial charge in [-0.1, -0.05) is 6.08 Å². The Morgan fingerprint density at radius 3 is 2.55 bits per heavy atom. The zero-order valence-electron chi connectivity index (χ0n) is 11.5.